The Balaban J connectivity index is 0.968. The molecule has 0 aliphatic carbocycles. The number of hydrogen-bond acceptors (Lipinski definition) is 4. The molecule has 0 N–H and O–H groups in total. The molecule has 11 rings (SSSR count). The summed E-state index contributed by atoms with van der Waals surface area (Å²) in [5.74, 6) is 1.92. The van der Waals surface area contributed by atoms with Crippen LogP contribution in [0.15, 0.2) is 199 Å². The first-order valence-electron chi connectivity index (χ1n) is 18.8. The van der Waals surface area contributed by atoms with Gasteiger partial charge in [0.05, 0.1) is 11.0 Å². The summed E-state index contributed by atoms with van der Waals surface area (Å²) in [6.45, 7) is 0. The second-order valence-corrected chi connectivity index (χ2v) is 14.0. The second kappa shape index (κ2) is 13.0. The second-order valence-electron chi connectivity index (χ2n) is 14.0. The third kappa shape index (κ3) is 5.37. The topological polar surface area (TPSA) is 56.7 Å². The third-order valence-electron chi connectivity index (χ3n) is 10.7. The van der Waals surface area contributed by atoms with Crippen LogP contribution in [-0.4, -0.2) is 19.5 Å². The molecule has 0 radical (unpaired) electrons. The summed E-state index contributed by atoms with van der Waals surface area (Å²) in [6.07, 6.45) is 0. The van der Waals surface area contributed by atoms with Crippen LogP contribution in [-0.2, 0) is 0 Å². The van der Waals surface area contributed by atoms with Crippen LogP contribution in [0, 0.1) is 0 Å². The van der Waals surface area contributed by atoms with E-state index in [0.717, 1.165) is 66.6 Å². The molecular weight excluding hydrogens is 685 g/mol. The zero-order chi connectivity index (χ0) is 37.0. The fourth-order valence-electron chi connectivity index (χ4n) is 7.99. The third-order valence-corrected chi connectivity index (χ3v) is 10.7. The van der Waals surface area contributed by atoms with Crippen molar-refractivity contribution >= 4 is 43.7 Å². The van der Waals surface area contributed by atoms with Gasteiger partial charge in [-0.15, -0.1) is 0 Å². The van der Waals surface area contributed by atoms with Crippen molar-refractivity contribution in [3.63, 3.8) is 0 Å². The Bertz CT molecular complexity index is 3160. The molecule has 3 heterocycles. The van der Waals surface area contributed by atoms with Crippen LogP contribution in [0.3, 0.4) is 0 Å². The molecule has 3 aromatic heterocycles. The number of aromatic nitrogens is 4. The fraction of sp³-hybridized carbons (Fsp3) is 0. The summed E-state index contributed by atoms with van der Waals surface area (Å²) < 4.78 is 8.92. The smallest absolute Gasteiger partial charge is 0.164 e. The molecule has 0 atom stereocenters. The van der Waals surface area contributed by atoms with Crippen molar-refractivity contribution in [3.8, 4) is 62.1 Å². The number of fused-ring (bicyclic) bond motifs is 6. The molecular formula is C51H32N4O. The summed E-state index contributed by atoms with van der Waals surface area (Å²) in [4.78, 5) is 14.7. The molecule has 0 bridgehead atoms. The zero-order valence-corrected chi connectivity index (χ0v) is 30.2. The zero-order valence-electron chi connectivity index (χ0n) is 30.2. The van der Waals surface area contributed by atoms with Gasteiger partial charge in [-0.05, 0) is 70.8 Å². The highest BCUT2D eigenvalue weighted by molar-refractivity contribution is 6.15. The van der Waals surface area contributed by atoms with Crippen LogP contribution in [0.2, 0.25) is 0 Å². The van der Waals surface area contributed by atoms with E-state index in [1.165, 1.54) is 21.8 Å². The maximum absolute atomic E-state index is 6.57. The van der Waals surface area contributed by atoms with Gasteiger partial charge in [0.25, 0.3) is 0 Å². The number of benzene rings is 8. The average Bonchev–Trinajstić information content (AvgIpc) is 3.82. The maximum atomic E-state index is 6.57. The van der Waals surface area contributed by atoms with Gasteiger partial charge >= 0.3 is 0 Å². The molecule has 262 valence electrons. The lowest BCUT2D eigenvalue weighted by molar-refractivity contribution is 0.669. The first-order chi connectivity index (χ1) is 27.7. The van der Waals surface area contributed by atoms with Crippen molar-refractivity contribution < 1.29 is 4.42 Å². The van der Waals surface area contributed by atoms with Gasteiger partial charge in [0.2, 0.25) is 0 Å². The van der Waals surface area contributed by atoms with Gasteiger partial charge in [-0.3, -0.25) is 0 Å². The molecule has 11 aromatic rings. The number of nitrogens with zero attached hydrogens (tertiary/aromatic N) is 4. The van der Waals surface area contributed by atoms with Crippen LogP contribution in [0.4, 0.5) is 0 Å². The van der Waals surface area contributed by atoms with E-state index < -0.39 is 0 Å². The lowest BCUT2D eigenvalue weighted by Crippen LogP contribution is -2.00. The molecule has 56 heavy (non-hydrogen) atoms. The van der Waals surface area contributed by atoms with Crippen LogP contribution >= 0.6 is 0 Å². The number of furan rings is 1. The summed E-state index contributed by atoms with van der Waals surface area (Å²) in [5, 5.41) is 4.67. The Morgan fingerprint density at radius 1 is 0.339 bits per heavy atom. The Hall–Kier alpha value is -7.63. The standard InChI is InChI=1S/C51H32N4O/c1-4-13-34(14-5-1)49-52-50(35-15-6-2-7-16-35)54-51(53-49)36-25-23-33(24-26-36)37-27-29-42-47(32-37)56-46-22-12-20-40(48(42)46)38-28-30-45-43(31-38)41-19-10-11-21-44(41)55(45)39-17-8-3-9-18-39/h1-32H. The molecule has 0 spiro atoms. The summed E-state index contributed by atoms with van der Waals surface area (Å²) >= 11 is 0. The minimum absolute atomic E-state index is 0.632. The minimum Gasteiger partial charge on any atom is -0.456 e. The van der Waals surface area contributed by atoms with Crippen molar-refractivity contribution in [2.75, 3.05) is 0 Å². The van der Waals surface area contributed by atoms with Crippen molar-refractivity contribution in [3.05, 3.63) is 194 Å². The van der Waals surface area contributed by atoms with Crippen molar-refractivity contribution in [1.29, 1.82) is 0 Å². The quantitative estimate of drug-likeness (QED) is 0.172. The van der Waals surface area contributed by atoms with E-state index in [1.807, 2.05) is 60.7 Å². The molecule has 0 fully saturated rings. The van der Waals surface area contributed by atoms with E-state index in [2.05, 4.69) is 138 Å². The van der Waals surface area contributed by atoms with Gasteiger partial charge in [0.1, 0.15) is 11.2 Å². The SMILES string of the molecule is c1ccc(-c2nc(-c3ccccc3)nc(-c3ccc(-c4ccc5c(c4)oc4cccc(-c6ccc7c(c6)c6ccccc6n7-c6ccccc6)c45)cc3)n2)cc1. The monoisotopic (exact) mass is 716 g/mol. The first kappa shape index (κ1) is 31.9. The summed E-state index contributed by atoms with van der Waals surface area (Å²) in [7, 11) is 0. The number of hydrogen-bond donors (Lipinski definition) is 0. The Labute approximate surface area is 322 Å². The van der Waals surface area contributed by atoms with Crippen LogP contribution in [0.5, 0.6) is 0 Å². The Morgan fingerprint density at radius 2 is 0.893 bits per heavy atom. The summed E-state index contributed by atoms with van der Waals surface area (Å²) in [5.41, 5.74) is 12.5. The normalized spacial score (nSPS) is 11.6. The van der Waals surface area contributed by atoms with Crippen molar-refractivity contribution in [2.45, 2.75) is 0 Å². The Morgan fingerprint density at radius 3 is 1.59 bits per heavy atom. The molecule has 0 unspecified atom stereocenters. The van der Waals surface area contributed by atoms with Crippen LogP contribution < -0.4 is 0 Å². The van der Waals surface area contributed by atoms with E-state index >= 15 is 0 Å². The maximum Gasteiger partial charge on any atom is 0.164 e. The van der Waals surface area contributed by atoms with Gasteiger partial charge in [-0.1, -0.05) is 146 Å². The average molecular weight is 717 g/mol. The first-order valence-corrected chi connectivity index (χ1v) is 18.8. The number of para-hydroxylation sites is 2. The van der Waals surface area contributed by atoms with Crippen LogP contribution in [0.25, 0.3) is 106 Å². The minimum atomic E-state index is 0.632. The highest BCUT2D eigenvalue weighted by Crippen LogP contribution is 2.41. The van der Waals surface area contributed by atoms with Crippen molar-refractivity contribution in [1.82, 2.24) is 19.5 Å². The molecule has 0 saturated carbocycles. The van der Waals surface area contributed by atoms with Gasteiger partial charge in [-0.2, -0.15) is 0 Å². The molecule has 0 saturated heterocycles. The molecule has 5 heteroatoms. The van der Waals surface area contributed by atoms with Gasteiger partial charge in [-0.25, -0.2) is 15.0 Å². The largest absolute Gasteiger partial charge is 0.456 e. The lowest BCUT2D eigenvalue weighted by atomic mass is 9.96. The predicted molar refractivity (Wildman–Crippen MR) is 229 cm³/mol. The van der Waals surface area contributed by atoms with E-state index in [4.69, 9.17) is 19.4 Å². The van der Waals surface area contributed by atoms with E-state index in [0.29, 0.717) is 17.5 Å². The Kier molecular flexibility index (Phi) is 7.42. The van der Waals surface area contributed by atoms with Crippen LogP contribution in [0.1, 0.15) is 0 Å². The molecule has 8 aromatic carbocycles. The molecule has 5 nitrogen and oxygen atoms in total. The highest BCUT2D eigenvalue weighted by atomic mass is 16.3. The van der Waals surface area contributed by atoms with E-state index in [-0.39, 0.29) is 0 Å². The van der Waals surface area contributed by atoms with Gasteiger partial charge in [0, 0.05) is 43.9 Å². The predicted octanol–water partition coefficient (Wildman–Crippen LogP) is 13.2. The van der Waals surface area contributed by atoms with Crippen molar-refractivity contribution in [2.24, 2.45) is 0 Å². The fourth-order valence-corrected chi connectivity index (χ4v) is 7.99. The van der Waals surface area contributed by atoms with E-state index in [9.17, 15) is 0 Å². The number of rotatable bonds is 6. The molecule has 0 aliphatic rings. The van der Waals surface area contributed by atoms with Gasteiger partial charge in [0.15, 0.2) is 17.5 Å². The molecule has 0 aliphatic heterocycles. The highest BCUT2D eigenvalue weighted by Gasteiger charge is 2.18. The lowest BCUT2D eigenvalue weighted by Gasteiger charge is -2.09. The van der Waals surface area contributed by atoms with E-state index in [1.54, 1.807) is 0 Å². The van der Waals surface area contributed by atoms with Gasteiger partial charge < -0.3 is 8.98 Å². The summed E-state index contributed by atoms with van der Waals surface area (Å²) in [6, 6.07) is 67.5. The molecule has 0 amide bonds.